The average molecular weight is 499 g/mol. The first-order valence-electron chi connectivity index (χ1n) is 13.8. The first kappa shape index (κ1) is 25.2. The number of hydrogen-bond acceptors (Lipinski definition) is 4. The van der Waals surface area contributed by atoms with E-state index >= 15 is 0 Å². The van der Waals surface area contributed by atoms with Gasteiger partial charge in [-0.2, -0.15) is 0 Å². The predicted molar refractivity (Wildman–Crippen MR) is 134 cm³/mol. The van der Waals surface area contributed by atoms with Crippen LogP contribution in [-0.4, -0.2) is 69.8 Å². The molecule has 7 nitrogen and oxygen atoms in total. The summed E-state index contributed by atoms with van der Waals surface area (Å²) in [6, 6.07) is 5.46. The van der Waals surface area contributed by atoms with Crippen molar-refractivity contribution in [3.63, 3.8) is 0 Å². The fourth-order valence-electron chi connectivity index (χ4n) is 6.99. The lowest BCUT2D eigenvalue weighted by Crippen LogP contribution is -2.63. The Kier molecular flexibility index (Phi) is 7.07. The van der Waals surface area contributed by atoms with E-state index in [2.05, 4.69) is 10.2 Å². The molecule has 0 unspecified atom stereocenters. The first-order valence-corrected chi connectivity index (χ1v) is 13.8. The van der Waals surface area contributed by atoms with E-state index in [0.717, 1.165) is 38.8 Å². The highest BCUT2D eigenvalue weighted by Gasteiger charge is 2.54. The van der Waals surface area contributed by atoms with E-state index in [9.17, 15) is 18.8 Å². The SMILES string of the molecule is C[C@@]1(C2CCN(C(=O)C3(N4CCCCC4)CCCCC3)CC2)NC(=O)N(Cc2ccc(F)cc2)C1=O. The summed E-state index contributed by atoms with van der Waals surface area (Å²) in [6.45, 7) is 5.22. The lowest BCUT2D eigenvalue weighted by Gasteiger charge is -2.50. The molecule has 36 heavy (non-hydrogen) atoms. The van der Waals surface area contributed by atoms with Crippen LogP contribution in [0.15, 0.2) is 24.3 Å². The highest BCUT2D eigenvalue weighted by Crippen LogP contribution is 2.39. The number of urea groups is 1. The van der Waals surface area contributed by atoms with Crippen LogP contribution in [0.5, 0.6) is 0 Å². The molecule has 0 radical (unpaired) electrons. The third-order valence-electron chi connectivity index (χ3n) is 9.19. The van der Waals surface area contributed by atoms with Crippen LogP contribution in [-0.2, 0) is 16.1 Å². The normalized spacial score (nSPS) is 27.8. The van der Waals surface area contributed by atoms with Gasteiger partial charge >= 0.3 is 6.03 Å². The van der Waals surface area contributed by atoms with Gasteiger partial charge in [0, 0.05) is 13.1 Å². The molecule has 3 saturated heterocycles. The van der Waals surface area contributed by atoms with Crippen molar-refractivity contribution in [2.24, 2.45) is 5.92 Å². The zero-order valence-electron chi connectivity index (χ0n) is 21.4. The van der Waals surface area contributed by atoms with Crippen LogP contribution in [0.1, 0.15) is 76.7 Å². The summed E-state index contributed by atoms with van der Waals surface area (Å²) in [4.78, 5) is 45.9. The number of nitrogens with zero attached hydrogens (tertiary/aromatic N) is 3. The first-order chi connectivity index (χ1) is 17.3. The summed E-state index contributed by atoms with van der Waals surface area (Å²) >= 11 is 0. The van der Waals surface area contributed by atoms with Gasteiger partial charge < -0.3 is 10.2 Å². The predicted octanol–water partition coefficient (Wildman–Crippen LogP) is 4.06. The van der Waals surface area contributed by atoms with Gasteiger partial charge in [-0.3, -0.25) is 19.4 Å². The van der Waals surface area contributed by atoms with E-state index in [1.807, 2.05) is 11.8 Å². The van der Waals surface area contributed by atoms with Gasteiger partial charge in [-0.15, -0.1) is 0 Å². The van der Waals surface area contributed by atoms with Gasteiger partial charge in [-0.25, -0.2) is 9.18 Å². The standard InChI is InChI=1S/C28H39FN4O3/c1-27(24(34)33(26(36)30-27)20-21-8-10-23(29)11-9-21)22-12-18-31(19-13-22)25(35)28(14-4-2-5-15-28)32-16-6-3-7-17-32/h8-11,22H,2-7,12-20H2,1H3,(H,30,36)/t27-/m0/s1. The van der Waals surface area contributed by atoms with Crippen molar-refractivity contribution in [1.29, 1.82) is 0 Å². The molecular weight excluding hydrogens is 459 g/mol. The highest BCUT2D eigenvalue weighted by atomic mass is 19.1. The number of carbonyl (C=O) groups excluding carboxylic acids is 3. The molecule has 3 heterocycles. The van der Waals surface area contributed by atoms with E-state index < -0.39 is 11.6 Å². The van der Waals surface area contributed by atoms with Crippen LogP contribution in [0, 0.1) is 11.7 Å². The monoisotopic (exact) mass is 498 g/mol. The van der Waals surface area contributed by atoms with E-state index in [1.54, 1.807) is 12.1 Å². The number of imide groups is 1. The van der Waals surface area contributed by atoms with Crippen LogP contribution in [0.4, 0.5) is 9.18 Å². The molecular formula is C28H39FN4O3. The Hall–Kier alpha value is -2.48. The van der Waals surface area contributed by atoms with Crippen molar-refractivity contribution in [1.82, 2.24) is 20.0 Å². The number of amides is 4. The molecule has 0 spiro atoms. The number of rotatable bonds is 5. The van der Waals surface area contributed by atoms with Crippen molar-refractivity contribution in [3.8, 4) is 0 Å². The van der Waals surface area contributed by atoms with Crippen molar-refractivity contribution in [3.05, 3.63) is 35.6 Å². The number of hydrogen-bond donors (Lipinski definition) is 1. The summed E-state index contributed by atoms with van der Waals surface area (Å²) in [5.41, 5.74) is -0.625. The number of carbonyl (C=O) groups is 3. The van der Waals surface area contributed by atoms with Gasteiger partial charge in [-0.1, -0.05) is 37.8 Å². The fraction of sp³-hybridized carbons (Fsp3) is 0.679. The Labute approximate surface area is 213 Å². The van der Waals surface area contributed by atoms with Crippen LogP contribution >= 0.6 is 0 Å². The Morgan fingerprint density at radius 1 is 0.944 bits per heavy atom. The van der Waals surface area contributed by atoms with Gasteiger partial charge in [0.2, 0.25) is 5.91 Å². The largest absolute Gasteiger partial charge is 0.341 e. The molecule has 5 rings (SSSR count). The molecule has 8 heteroatoms. The quantitative estimate of drug-likeness (QED) is 0.622. The summed E-state index contributed by atoms with van der Waals surface area (Å²) in [5, 5.41) is 2.95. The summed E-state index contributed by atoms with van der Waals surface area (Å²) in [5.74, 6) is -0.336. The summed E-state index contributed by atoms with van der Waals surface area (Å²) < 4.78 is 13.3. The Morgan fingerprint density at radius 3 is 2.19 bits per heavy atom. The minimum atomic E-state index is -0.984. The van der Waals surface area contributed by atoms with Crippen molar-refractivity contribution in [2.45, 2.75) is 88.8 Å². The van der Waals surface area contributed by atoms with Gasteiger partial charge in [-0.05, 0) is 82.2 Å². The van der Waals surface area contributed by atoms with Crippen LogP contribution in [0.3, 0.4) is 0 Å². The number of nitrogens with one attached hydrogen (secondary N) is 1. The van der Waals surface area contributed by atoms with Gasteiger partial charge in [0.25, 0.3) is 5.91 Å². The minimum absolute atomic E-state index is 0.0338. The molecule has 4 fully saturated rings. The topological polar surface area (TPSA) is 73.0 Å². The maximum atomic E-state index is 14.0. The number of likely N-dealkylation sites (tertiary alicyclic amines) is 2. The van der Waals surface area contributed by atoms with E-state index in [4.69, 9.17) is 0 Å². The molecule has 4 aliphatic rings. The Morgan fingerprint density at radius 2 is 1.56 bits per heavy atom. The molecule has 4 amide bonds. The Bertz CT molecular complexity index is 979. The van der Waals surface area contributed by atoms with Crippen molar-refractivity contribution in [2.75, 3.05) is 26.2 Å². The average Bonchev–Trinajstić information content (AvgIpc) is 3.14. The molecule has 0 aromatic heterocycles. The number of piperidine rings is 2. The maximum Gasteiger partial charge on any atom is 0.325 e. The molecule has 1 atom stereocenters. The van der Waals surface area contributed by atoms with Crippen LogP contribution < -0.4 is 5.32 Å². The van der Waals surface area contributed by atoms with E-state index in [0.29, 0.717) is 31.5 Å². The number of halogens is 1. The highest BCUT2D eigenvalue weighted by molar-refractivity contribution is 6.07. The van der Waals surface area contributed by atoms with Gasteiger partial charge in [0.05, 0.1) is 6.54 Å². The molecule has 1 aromatic rings. The molecule has 1 aliphatic carbocycles. The zero-order chi connectivity index (χ0) is 25.3. The number of benzene rings is 1. The maximum absolute atomic E-state index is 14.0. The van der Waals surface area contributed by atoms with Gasteiger partial charge in [0.15, 0.2) is 0 Å². The molecule has 0 bridgehead atoms. The lowest BCUT2D eigenvalue weighted by molar-refractivity contribution is -0.150. The molecule has 1 N–H and O–H groups in total. The Balaban J connectivity index is 1.24. The second-order valence-electron chi connectivity index (χ2n) is 11.4. The second-order valence-corrected chi connectivity index (χ2v) is 11.4. The van der Waals surface area contributed by atoms with Crippen molar-refractivity contribution >= 4 is 17.8 Å². The van der Waals surface area contributed by atoms with E-state index in [1.165, 1.54) is 42.7 Å². The minimum Gasteiger partial charge on any atom is -0.341 e. The molecule has 196 valence electrons. The second kappa shape index (κ2) is 10.1. The molecule has 3 aliphatic heterocycles. The van der Waals surface area contributed by atoms with Crippen molar-refractivity contribution < 1.29 is 18.8 Å². The van der Waals surface area contributed by atoms with Gasteiger partial charge in [0.1, 0.15) is 16.9 Å². The molecule has 1 aromatic carbocycles. The third kappa shape index (κ3) is 4.53. The third-order valence-corrected chi connectivity index (χ3v) is 9.19. The zero-order valence-corrected chi connectivity index (χ0v) is 21.4. The van der Waals surface area contributed by atoms with E-state index in [-0.39, 0.29) is 35.6 Å². The van der Waals surface area contributed by atoms with Crippen LogP contribution in [0.25, 0.3) is 0 Å². The van der Waals surface area contributed by atoms with Crippen LogP contribution in [0.2, 0.25) is 0 Å². The summed E-state index contributed by atoms with van der Waals surface area (Å²) in [6.07, 6.45) is 10.3. The molecule has 1 saturated carbocycles. The smallest absolute Gasteiger partial charge is 0.325 e. The lowest BCUT2D eigenvalue weighted by atomic mass is 9.76. The fourth-order valence-corrected chi connectivity index (χ4v) is 6.99. The summed E-state index contributed by atoms with van der Waals surface area (Å²) in [7, 11) is 0.